The number of Topliss-reactive ketones (excluding diaryl/α,β-unsaturated/α-hetero) is 1. The van der Waals surface area contributed by atoms with Crippen LogP contribution in [0.3, 0.4) is 0 Å². The molecule has 1 aromatic heterocycles. The van der Waals surface area contributed by atoms with Gasteiger partial charge in [-0.25, -0.2) is 8.42 Å². The van der Waals surface area contributed by atoms with Crippen LogP contribution in [0.2, 0.25) is 0 Å². The van der Waals surface area contributed by atoms with Crippen molar-refractivity contribution in [3.05, 3.63) is 11.8 Å². The van der Waals surface area contributed by atoms with Crippen LogP contribution in [0, 0.1) is 0 Å². The number of anilines is 1. The number of sulfonamides is 1. The number of hydrogen-bond acceptors (Lipinski definition) is 4. The number of fused-ring (bicyclic) bond motifs is 1. The van der Waals surface area contributed by atoms with Gasteiger partial charge in [0.25, 0.3) is 0 Å². The molecule has 7 heteroatoms. The minimum atomic E-state index is -3.50. The first kappa shape index (κ1) is 8.24. The maximum atomic E-state index is 11.2. The van der Waals surface area contributed by atoms with Crippen molar-refractivity contribution in [2.75, 3.05) is 10.5 Å². The number of carbonyl (C=O) groups excluding carboxylic acids is 1. The highest BCUT2D eigenvalue weighted by atomic mass is 32.2. The van der Waals surface area contributed by atoms with Crippen molar-refractivity contribution in [1.82, 2.24) is 9.78 Å². The fourth-order valence-electron chi connectivity index (χ4n) is 1.20. The molecule has 70 valence electrons. The molecule has 1 aliphatic heterocycles. The number of nitrogens with zero attached hydrogens (tertiary/aromatic N) is 2. The van der Waals surface area contributed by atoms with Crippen LogP contribution >= 0.6 is 0 Å². The third kappa shape index (κ3) is 1.21. The average molecular weight is 201 g/mol. The number of hydrogen-bond donors (Lipinski definition) is 1. The summed E-state index contributed by atoms with van der Waals surface area (Å²) in [7, 11) is -1.93. The first-order chi connectivity index (χ1) is 5.99. The molecule has 0 spiro atoms. The van der Waals surface area contributed by atoms with Crippen molar-refractivity contribution in [1.29, 1.82) is 0 Å². The summed E-state index contributed by atoms with van der Waals surface area (Å²) < 4.78 is 25.8. The molecule has 1 N–H and O–H groups in total. The lowest BCUT2D eigenvalue weighted by molar-refractivity contribution is 0.102. The molecule has 0 aliphatic carbocycles. The summed E-state index contributed by atoms with van der Waals surface area (Å²) in [5.74, 6) is -0.663. The van der Waals surface area contributed by atoms with Crippen molar-refractivity contribution >= 4 is 21.6 Å². The largest absolute Gasteiger partial charge is 0.293 e. The zero-order chi connectivity index (χ0) is 9.64. The topological polar surface area (TPSA) is 81.1 Å². The molecule has 0 aromatic carbocycles. The van der Waals surface area contributed by atoms with E-state index in [0.717, 1.165) is 0 Å². The summed E-state index contributed by atoms with van der Waals surface area (Å²) >= 11 is 0. The number of aromatic nitrogens is 2. The molecule has 0 bridgehead atoms. The number of ketones is 1. The lowest BCUT2D eigenvalue weighted by Gasteiger charge is -2.13. The Morgan fingerprint density at radius 1 is 1.62 bits per heavy atom. The van der Waals surface area contributed by atoms with Gasteiger partial charge in [0.15, 0.2) is 5.78 Å². The van der Waals surface area contributed by atoms with Gasteiger partial charge in [-0.1, -0.05) is 0 Å². The van der Waals surface area contributed by atoms with E-state index in [-0.39, 0.29) is 5.82 Å². The van der Waals surface area contributed by atoms with E-state index in [9.17, 15) is 13.2 Å². The van der Waals surface area contributed by atoms with Gasteiger partial charge in [0.05, 0.1) is 11.8 Å². The van der Waals surface area contributed by atoms with Gasteiger partial charge in [0.2, 0.25) is 10.0 Å². The molecule has 2 rings (SSSR count). The molecular formula is C6H7N3O3S. The predicted molar refractivity (Wildman–Crippen MR) is 44.9 cm³/mol. The van der Waals surface area contributed by atoms with E-state index in [2.05, 4.69) is 9.82 Å². The Morgan fingerprint density at radius 3 is 3.00 bits per heavy atom. The van der Waals surface area contributed by atoms with Crippen LogP contribution in [-0.4, -0.2) is 29.7 Å². The van der Waals surface area contributed by atoms with Gasteiger partial charge in [-0.3, -0.25) is 14.2 Å². The predicted octanol–water partition coefficient (Wildman–Crippen LogP) is -0.642. The van der Waals surface area contributed by atoms with Crippen molar-refractivity contribution in [3.8, 4) is 0 Å². The lowest BCUT2D eigenvalue weighted by atomic mass is 10.2. The molecule has 6 nitrogen and oxygen atoms in total. The second-order valence-electron chi connectivity index (χ2n) is 2.81. The molecule has 13 heavy (non-hydrogen) atoms. The molecule has 0 fully saturated rings. The Hall–Kier alpha value is -1.37. The van der Waals surface area contributed by atoms with Gasteiger partial charge in [0, 0.05) is 7.05 Å². The molecule has 0 saturated carbocycles. The summed E-state index contributed by atoms with van der Waals surface area (Å²) in [5.41, 5.74) is 0.331. The first-order valence-electron chi connectivity index (χ1n) is 3.55. The van der Waals surface area contributed by atoms with E-state index >= 15 is 0 Å². The zero-order valence-corrected chi connectivity index (χ0v) is 7.63. The molecule has 0 saturated heterocycles. The van der Waals surface area contributed by atoms with Gasteiger partial charge in [0.1, 0.15) is 11.6 Å². The molecule has 0 unspecified atom stereocenters. The number of aryl methyl sites for hydroxylation is 1. The van der Waals surface area contributed by atoms with Gasteiger partial charge in [-0.15, -0.1) is 0 Å². The fraction of sp³-hybridized carbons (Fsp3) is 0.333. The van der Waals surface area contributed by atoms with Crippen molar-refractivity contribution < 1.29 is 13.2 Å². The third-order valence-electron chi connectivity index (χ3n) is 1.81. The van der Waals surface area contributed by atoms with Crippen molar-refractivity contribution in [3.63, 3.8) is 0 Å². The van der Waals surface area contributed by atoms with Crippen molar-refractivity contribution in [2.24, 2.45) is 7.05 Å². The van der Waals surface area contributed by atoms with Gasteiger partial charge in [-0.05, 0) is 0 Å². The maximum absolute atomic E-state index is 11.2. The smallest absolute Gasteiger partial charge is 0.241 e. The fourth-order valence-corrected chi connectivity index (χ4v) is 2.31. The van der Waals surface area contributed by atoms with Crippen molar-refractivity contribution in [2.45, 2.75) is 0 Å². The van der Waals surface area contributed by atoms with E-state index in [1.165, 1.54) is 10.9 Å². The number of nitrogens with one attached hydrogen (secondary N) is 1. The summed E-state index contributed by atoms with van der Waals surface area (Å²) in [4.78, 5) is 11.2. The second-order valence-corrected chi connectivity index (χ2v) is 4.54. The van der Waals surface area contributed by atoms with Crippen LogP contribution < -0.4 is 4.72 Å². The molecule has 0 amide bonds. The highest BCUT2D eigenvalue weighted by molar-refractivity contribution is 7.93. The third-order valence-corrected chi connectivity index (χ3v) is 2.96. The number of rotatable bonds is 0. The Bertz CT molecular complexity index is 473. The standard InChI is InChI=1S/C6H7N3O3S/c1-9-6-4(2-7-9)5(10)3-13(11,12)8-6/h2,8H,3H2,1H3. The highest BCUT2D eigenvalue weighted by Crippen LogP contribution is 2.21. The summed E-state index contributed by atoms with van der Waals surface area (Å²) in [6, 6.07) is 0. The van der Waals surface area contributed by atoms with E-state index in [0.29, 0.717) is 5.56 Å². The lowest BCUT2D eigenvalue weighted by Crippen LogP contribution is -2.29. The van der Waals surface area contributed by atoms with Crippen LogP contribution in [0.25, 0.3) is 0 Å². The summed E-state index contributed by atoms with van der Waals surface area (Å²) in [6.07, 6.45) is 1.36. The van der Waals surface area contributed by atoms with E-state index in [1.54, 1.807) is 7.05 Å². The molecule has 1 aromatic rings. The monoisotopic (exact) mass is 201 g/mol. The normalized spacial score (nSPS) is 19.3. The summed E-state index contributed by atoms with van der Waals surface area (Å²) in [6.45, 7) is 0. The molecule has 1 aliphatic rings. The summed E-state index contributed by atoms with van der Waals surface area (Å²) in [5, 5.41) is 3.78. The van der Waals surface area contributed by atoms with Gasteiger partial charge in [-0.2, -0.15) is 5.10 Å². The minimum Gasteiger partial charge on any atom is -0.293 e. The average Bonchev–Trinajstić information content (AvgIpc) is 2.30. The Kier molecular flexibility index (Phi) is 1.47. The second kappa shape index (κ2) is 2.32. The van der Waals surface area contributed by atoms with Crippen LogP contribution in [0.5, 0.6) is 0 Å². The van der Waals surface area contributed by atoms with Crippen LogP contribution in [0.1, 0.15) is 10.4 Å². The molecule has 2 heterocycles. The molecule has 0 atom stereocenters. The highest BCUT2D eigenvalue weighted by Gasteiger charge is 2.29. The van der Waals surface area contributed by atoms with Crippen LogP contribution in [0.4, 0.5) is 5.82 Å². The Morgan fingerprint density at radius 2 is 2.31 bits per heavy atom. The van der Waals surface area contributed by atoms with Gasteiger partial charge >= 0.3 is 0 Å². The van der Waals surface area contributed by atoms with Gasteiger partial charge < -0.3 is 0 Å². The zero-order valence-electron chi connectivity index (χ0n) is 6.81. The minimum absolute atomic E-state index is 0.247. The number of carbonyl (C=O) groups is 1. The van der Waals surface area contributed by atoms with E-state index in [4.69, 9.17) is 0 Å². The quantitative estimate of drug-likeness (QED) is 0.605. The first-order valence-corrected chi connectivity index (χ1v) is 5.20. The van der Waals surface area contributed by atoms with E-state index in [1.807, 2.05) is 0 Å². The molecular weight excluding hydrogens is 194 g/mol. The SMILES string of the molecule is Cn1ncc2c1NS(=O)(=O)CC2=O. The van der Waals surface area contributed by atoms with Crippen LogP contribution in [-0.2, 0) is 17.1 Å². The maximum Gasteiger partial charge on any atom is 0.241 e. The Balaban J connectivity index is 2.64. The van der Waals surface area contributed by atoms with Crippen LogP contribution in [0.15, 0.2) is 6.20 Å². The molecule has 0 radical (unpaired) electrons. The Labute approximate surface area is 74.6 Å². The van der Waals surface area contributed by atoms with E-state index < -0.39 is 21.6 Å².